The molecule has 1 heterocycles. The van der Waals surface area contributed by atoms with Crippen molar-refractivity contribution < 1.29 is 9.59 Å². The number of urea groups is 1. The van der Waals surface area contributed by atoms with E-state index >= 15 is 0 Å². The lowest BCUT2D eigenvalue weighted by Gasteiger charge is -2.23. The van der Waals surface area contributed by atoms with Crippen molar-refractivity contribution in [1.82, 2.24) is 15.5 Å². The molecule has 6 nitrogen and oxygen atoms in total. The predicted molar refractivity (Wildman–Crippen MR) is 60.9 cm³/mol. The number of nitrogens with two attached hydrogens (primary N) is 1. The largest absolute Gasteiger partial charge is 0.351 e. The fourth-order valence-electron chi connectivity index (χ4n) is 1.91. The Balaban J connectivity index is 2.29. The Bertz CT molecular complexity index is 251. The van der Waals surface area contributed by atoms with Crippen LogP contribution in [0.3, 0.4) is 0 Å². The SMILES string of the molecule is CCN(CC(=O)NC(N)=O)CC1CCCN1. The maximum Gasteiger partial charge on any atom is 0.318 e. The zero-order valence-electron chi connectivity index (χ0n) is 9.66. The lowest BCUT2D eigenvalue weighted by molar-refractivity contribution is -0.121. The molecule has 92 valence electrons. The van der Waals surface area contributed by atoms with E-state index in [1.807, 2.05) is 11.8 Å². The number of likely N-dealkylation sites (N-methyl/N-ethyl adjacent to an activating group) is 1. The summed E-state index contributed by atoms with van der Waals surface area (Å²) < 4.78 is 0. The van der Waals surface area contributed by atoms with Gasteiger partial charge in [0.25, 0.3) is 0 Å². The number of nitrogens with one attached hydrogen (secondary N) is 2. The van der Waals surface area contributed by atoms with E-state index in [4.69, 9.17) is 5.73 Å². The Morgan fingerprint density at radius 3 is 2.81 bits per heavy atom. The van der Waals surface area contributed by atoms with Crippen molar-refractivity contribution in [1.29, 1.82) is 0 Å². The van der Waals surface area contributed by atoms with Crippen LogP contribution in [0.1, 0.15) is 19.8 Å². The van der Waals surface area contributed by atoms with Gasteiger partial charge in [-0.25, -0.2) is 4.79 Å². The molecule has 1 aliphatic heterocycles. The summed E-state index contributed by atoms with van der Waals surface area (Å²) in [6.07, 6.45) is 2.34. The highest BCUT2D eigenvalue weighted by molar-refractivity contribution is 5.94. The monoisotopic (exact) mass is 228 g/mol. The molecule has 0 aliphatic carbocycles. The molecule has 6 heteroatoms. The third kappa shape index (κ3) is 4.59. The van der Waals surface area contributed by atoms with Crippen LogP contribution in [0.15, 0.2) is 0 Å². The Labute approximate surface area is 95.5 Å². The molecule has 1 fully saturated rings. The van der Waals surface area contributed by atoms with Crippen LogP contribution in [0.5, 0.6) is 0 Å². The van der Waals surface area contributed by atoms with E-state index in [1.54, 1.807) is 0 Å². The summed E-state index contributed by atoms with van der Waals surface area (Å²) in [4.78, 5) is 23.8. The molecule has 4 N–H and O–H groups in total. The lowest BCUT2D eigenvalue weighted by atomic mass is 10.2. The summed E-state index contributed by atoms with van der Waals surface area (Å²) in [5.41, 5.74) is 4.87. The van der Waals surface area contributed by atoms with E-state index in [9.17, 15) is 9.59 Å². The topological polar surface area (TPSA) is 87.5 Å². The van der Waals surface area contributed by atoms with Gasteiger partial charge in [-0.3, -0.25) is 15.0 Å². The van der Waals surface area contributed by atoms with Gasteiger partial charge in [0.1, 0.15) is 0 Å². The second-order valence-corrected chi connectivity index (χ2v) is 4.03. The molecule has 1 rings (SSSR count). The van der Waals surface area contributed by atoms with Crippen LogP contribution in [0.2, 0.25) is 0 Å². The van der Waals surface area contributed by atoms with Crippen molar-refractivity contribution >= 4 is 11.9 Å². The summed E-state index contributed by atoms with van der Waals surface area (Å²) in [5.74, 6) is -0.340. The number of carbonyl (C=O) groups excluding carboxylic acids is 2. The number of imide groups is 1. The molecule has 1 saturated heterocycles. The summed E-state index contributed by atoms with van der Waals surface area (Å²) in [6.45, 7) is 4.88. The molecule has 3 amide bonds. The maximum atomic E-state index is 11.3. The molecule has 0 aromatic heterocycles. The highest BCUT2D eigenvalue weighted by Crippen LogP contribution is 2.06. The third-order valence-corrected chi connectivity index (χ3v) is 2.72. The van der Waals surface area contributed by atoms with Crippen molar-refractivity contribution in [3.05, 3.63) is 0 Å². The van der Waals surface area contributed by atoms with Gasteiger partial charge in [0.2, 0.25) is 5.91 Å². The standard InChI is InChI=1S/C10H20N4O2/c1-2-14(6-8-4-3-5-12-8)7-9(15)13-10(11)16/h8,12H,2-7H2,1H3,(H3,11,13,15,16). The van der Waals surface area contributed by atoms with E-state index < -0.39 is 6.03 Å². The van der Waals surface area contributed by atoms with Crippen molar-refractivity contribution in [2.75, 3.05) is 26.2 Å². The molecular weight excluding hydrogens is 208 g/mol. The van der Waals surface area contributed by atoms with Crippen LogP contribution < -0.4 is 16.4 Å². The fraction of sp³-hybridized carbons (Fsp3) is 0.800. The summed E-state index contributed by atoms with van der Waals surface area (Å²) in [6, 6.07) is -0.332. The highest BCUT2D eigenvalue weighted by Gasteiger charge is 2.18. The second kappa shape index (κ2) is 6.44. The fourth-order valence-corrected chi connectivity index (χ4v) is 1.91. The number of carbonyl (C=O) groups is 2. The van der Waals surface area contributed by atoms with Crippen molar-refractivity contribution in [3.63, 3.8) is 0 Å². The maximum absolute atomic E-state index is 11.3. The van der Waals surface area contributed by atoms with E-state index in [0.29, 0.717) is 6.04 Å². The van der Waals surface area contributed by atoms with Gasteiger partial charge >= 0.3 is 6.03 Å². The number of amides is 3. The van der Waals surface area contributed by atoms with Gasteiger partial charge in [0.05, 0.1) is 6.54 Å². The van der Waals surface area contributed by atoms with Gasteiger partial charge in [-0.15, -0.1) is 0 Å². The van der Waals surface area contributed by atoms with E-state index in [-0.39, 0.29) is 12.5 Å². The summed E-state index contributed by atoms with van der Waals surface area (Å²) in [5, 5.41) is 5.44. The lowest BCUT2D eigenvalue weighted by Crippen LogP contribution is -2.45. The quantitative estimate of drug-likeness (QED) is 0.578. The van der Waals surface area contributed by atoms with Gasteiger partial charge in [-0.1, -0.05) is 6.92 Å². The van der Waals surface area contributed by atoms with Gasteiger partial charge in [-0.2, -0.15) is 0 Å². The predicted octanol–water partition coefficient (Wildman–Crippen LogP) is -0.745. The Morgan fingerprint density at radius 1 is 1.56 bits per heavy atom. The highest BCUT2D eigenvalue weighted by atomic mass is 16.2. The van der Waals surface area contributed by atoms with Crippen LogP contribution in [0.25, 0.3) is 0 Å². The van der Waals surface area contributed by atoms with Crippen LogP contribution in [0, 0.1) is 0 Å². The molecule has 1 unspecified atom stereocenters. The minimum atomic E-state index is -0.792. The van der Waals surface area contributed by atoms with Crippen molar-refractivity contribution in [2.24, 2.45) is 5.73 Å². The van der Waals surface area contributed by atoms with Gasteiger partial charge in [0, 0.05) is 12.6 Å². The first-order valence-corrected chi connectivity index (χ1v) is 5.66. The molecule has 0 aromatic rings. The van der Waals surface area contributed by atoms with Crippen LogP contribution in [-0.2, 0) is 4.79 Å². The average molecular weight is 228 g/mol. The van der Waals surface area contributed by atoms with E-state index in [1.165, 1.54) is 6.42 Å². The third-order valence-electron chi connectivity index (χ3n) is 2.72. The van der Waals surface area contributed by atoms with Crippen LogP contribution in [0.4, 0.5) is 4.79 Å². The Hall–Kier alpha value is -1.14. The first-order chi connectivity index (χ1) is 7.61. The zero-order chi connectivity index (χ0) is 12.0. The first-order valence-electron chi connectivity index (χ1n) is 5.66. The molecule has 0 saturated carbocycles. The molecule has 0 radical (unpaired) electrons. The van der Waals surface area contributed by atoms with Gasteiger partial charge in [-0.05, 0) is 25.9 Å². The molecule has 0 spiro atoms. The number of rotatable bonds is 5. The normalized spacial score (nSPS) is 20.0. The molecule has 16 heavy (non-hydrogen) atoms. The van der Waals surface area contributed by atoms with Crippen LogP contribution >= 0.6 is 0 Å². The molecule has 1 atom stereocenters. The molecule has 0 bridgehead atoms. The molecule has 0 aromatic carbocycles. The Morgan fingerprint density at radius 2 is 2.31 bits per heavy atom. The number of nitrogens with zero attached hydrogens (tertiary/aromatic N) is 1. The van der Waals surface area contributed by atoms with Crippen molar-refractivity contribution in [3.8, 4) is 0 Å². The Kier molecular flexibility index (Phi) is 5.21. The van der Waals surface area contributed by atoms with E-state index in [0.717, 1.165) is 26.1 Å². The summed E-state index contributed by atoms with van der Waals surface area (Å²) in [7, 11) is 0. The van der Waals surface area contributed by atoms with Gasteiger partial charge < -0.3 is 11.1 Å². The van der Waals surface area contributed by atoms with Gasteiger partial charge in [0.15, 0.2) is 0 Å². The van der Waals surface area contributed by atoms with Crippen LogP contribution in [-0.4, -0.2) is 49.1 Å². The first kappa shape index (κ1) is 12.9. The second-order valence-electron chi connectivity index (χ2n) is 4.03. The smallest absolute Gasteiger partial charge is 0.318 e. The minimum Gasteiger partial charge on any atom is -0.351 e. The summed E-state index contributed by atoms with van der Waals surface area (Å²) >= 11 is 0. The van der Waals surface area contributed by atoms with E-state index in [2.05, 4.69) is 10.6 Å². The van der Waals surface area contributed by atoms with Crippen molar-refractivity contribution in [2.45, 2.75) is 25.8 Å². The number of primary amides is 1. The molecular formula is C10H20N4O2. The number of hydrogen-bond donors (Lipinski definition) is 3. The zero-order valence-corrected chi connectivity index (χ0v) is 9.66. The number of hydrogen-bond acceptors (Lipinski definition) is 4. The molecule has 1 aliphatic rings. The average Bonchev–Trinajstić information content (AvgIpc) is 2.68. The minimum absolute atomic E-state index is 0.220.